The van der Waals surface area contributed by atoms with Gasteiger partial charge in [0.25, 0.3) is 0 Å². The molecular formula is C17H14Cl2N2. The van der Waals surface area contributed by atoms with E-state index < -0.39 is 0 Å². The van der Waals surface area contributed by atoms with E-state index in [1.165, 1.54) is 11.1 Å². The van der Waals surface area contributed by atoms with Crippen LogP contribution in [0.4, 0.5) is 0 Å². The molecule has 0 saturated carbocycles. The van der Waals surface area contributed by atoms with Crippen molar-refractivity contribution in [3.05, 3.63) is 63.4 Å². The first kappa shape index (κ1) is 13.2. The molecule has 1 aliphatic rings. The van der Waals surface area contributed by atoms with Gasteiger partial charge in [0.1, 0.15) is 5.82 Å². The predicted octanol–water partition coefficient (Wildman–Crippen LogP) is 5.14. The largest absolute Gasteiger partial charge is 0.342 e. The van der Waals surface area contributed by atoms with Crippen molar-refractivity contribution in [1.82, 2.24) is 9.97 Å². The van der Waals surface area contributed by atoms with Gasteiger partial charge in [0.2, 0.25) is 0 Å². The maximum absolute atomic E-state index is 6.07. The van der Waals surface area contributed by atoms with Crippen LogP contribution in [0.5, 0.6) is 0 Å². The van der Waals surface area contributed by atoms with Gasteiger partial charge in [-0.1, -0.05) is 47.5 Å². The van der Waals surface area contributed by atoms with Gasteiger partial charge in [-0.2, -0.15) is 0 Å². The minimum Gasteiger partial charge on any atom is -0.342 e. The van der Waals surface area contributed by atoms with Gasteiger partial charge in [0, 0.05) is 5.92 Å². The topological polar surface area (TPSA) is 28.7 Å². The third kappa shape index (κ3) is 2.33. The molecule has 2 nitrogen and oxygen atoms in total. The van der Waals surface area contributed by atoms with Crippen molar-refractivity contribution in [2.75, 3.05) is 0 Å². The lowest BCUT2D eigenvalue weighted by molar-refractivity contribution is 0.561. The summed E-state index contributed by atoms with van der Waals surface area (Å²) >= 11 is 12.1. The van der Waals surface area contributed by atoms with Crippen LogP contribution in [0.2, 0.25) is 10.0 Å². The Morgan fingerprint density at radius 3 is 2.67 bits per heavy atom. The molecule has 1 unspecified atom stereocenters. The Balaban J connectivity index is 1.71. The summed E-state index contributed by atoms with van der Waals surface area (Å²) in [6.45, 7) is 0. The highest BCUT2D eigenvalue weighted by Gasteiger charge is 2.22. The van der Waals surface area contributed by atoms with Crippen molar-refractivity contribution < 1.29 is 0 Å². The van der Waals surface area contributed by atoms with Crippen molar-refractivity contribution in [1.29, 1.82) is 0 Å². The summed E-state index contributed by atoms with van der Waals surface area (Å²) in [7, 11) is 0. The summed E-state index contributed by atoms with van der Waals surface area (Å²) in [6, 6.07) is 12.4. The number of nitrogens with one attached hydrogen (secondary N) is 1. The van der Waals surface area contributed by atoms with Crippen LogP contribution >= 0.6 is 23.2 Å². The Morgan fingerprint density at radius 1 is 1.05 bits per heavy atom. The fourth-order valence-electron chi connectivity index (χ4n) is 3.15. The standard InChI is InChI=1S/C17H14Cl2N2/c18-13-8-15-16(9-14(13)19)21-17(20-15)12-6-5-10-3-1-2-4-11(10)7-12/h1-4,8-9,12H,5-7H2,(H,20,21). The van der Waals surface area contributed by atoms with E-state index in [1.54, 1.807) is 0 Å². The van der Waals surface area contributed by atoms with Crippen molar-refractivity contribution in [3.8, 4) is 0 Å². The van der Waals surface area contributed by atoms with E-state index in [1.807, 2.05) is 12.1 Å². The number of H-pyrrole nitrogens is 1. The van der Waals surface area contributed by atoms with Crippen molar-refractivity contribution in [3.63, 3.8) is 0 Å². The molecule has 106 valence electrons. The monoisotopic (exact) mass is 316 g/mol. The van der Waals surface area contributed by atoms with Gasteiger partial charge >= 0.3 is 0 Å². The molecule has 1 aromatic heterocycles. The van der Waals surface area contributed by atoms with Gasteiger partial charge in [-0.25, -0.2) is 4.98 Å². The molecule has 3 aromatic rings. The Labute approximate surface area is 133 Å². The molecule has 4 rings (SSSR count). The lowest BCUT2D eigenvalue weighted by Crippen LogP contribution is -2.13. The molecule has 4 heteroatoms. The molecule has 2 aromatic carbocycles. The first-order chi connectivity index (χ1) is 10.2. The average molecular weight is 317 g/mol. The van der Waals surface area contributed by atoms with Crippen molar-refractivity contribution in [2.45, 2.75) is 25.2 Å². The zero-order chi connectivity index (χ0) is 14.4. The van der Waals surface area contributed by atoms with E-state index in [9.17, 15) is 0 Å². The van der Waals surface area contributed by atoms with Gasteiger partial charge in [0.15, 0.2) is 0 Å². The lowest BCUT2D eigenvalue weighted by atomic mass is 9.83. The van der Waals surface area contributed by atoms with E-state index in [-0.39, 0.29) is 0 Å². The number of halogens is 2. The van der Waals surface area contributed by atoms with E-state index in [4.69, 9.17) is 28.2 Å². The minimum absolute atomic E-state index is 0.435. The van der Waals surface area contributed by atoms with Crippen LogP contribution in [0, 0.1) is 0 Å². The summed E-state index contributed by atoms with van der Waals surface area (Å²) in [6.07, 6.45) is 3.27. The Hall–Kier alpha value is -1.51. The first-order valence-electron chi connectivity index (χ1n) is 7.12. The predicted molar refractivity (Wildman–Crippen MR) is 87.3 cm³/mol. The molecule has 1 atom stereocenters. The van der Waals surface area contributed by atoms with Crippen LogP contribution in [0.1, 0.15) is 29.3 Å². The Kier molecular flexibility index (Phi) is 3.16. The second-order valence-corrected chi connectivity index (χ2v) is 6.43. The lowest BCUT2D eigenvalue weighted by Gasteiger charge is -2.22. The normalized spacial score (nSPS) is 17.9. The first-order valence-corrected chi connectivity index (χ1v) is 7.88. The Morgan fingerprint density at radius 2 is 1.81 bits per heavy atom. The second-order valence-electron chi connectivity index (χ2n) is 5.61. The summed E-state index contributed by atoms with van der Waals surface area (Å²) in [5.74, 6) is 1.47. The van der Waals surface area contributed by atoms with E-state index in [2.05, 4.69) is 29.2 Å². The third-order valence-electron chi connectivity index (χ3n) is 4.28. The number of imidazole rings is 1. The molecule has 0 radical (unpaired) electrons. The summed E-state index contributed by atoms with van der Waals surface area (Å²) in [4.78, 5) is 8.12. The van der Waals surface area contributed by atoms with Gasteiger partial charge in [-0.15, -0.1) is 0 Å². The maximum atomic E-state index is 6.07. The van der Waals surface area contributed by atoms with E-state index >= 15 is 0 Å². The molecule has 1 N–H and O–H groups in total. The van der Waals surface area contributed by atoms with Crippen molar-refractivity contribution >= 4 is 34.2 Å². The molecule has 0 bridgehead atoms. The van der Waals surface area contributed by atoms with Crippen LogP contribution in [0.25, 0.3) is 11.0 Å². The molecular weight excluding hydrogens is 303 g/mol. The van der Waals surface area contributed by atoms with Gasteiger partial charge in [0.05, 0.1) is 21.1 Å². The fourth-order valence-corrected chi connectivity index (χ4v) is 3.47. The van der Waals surface area contributed by atoms with E-state index in [0.29, 0.717) is 16.0 Å². The zero-order valence-corrected chi connectivity index (χ0v) is 12.9. The molecule has 0 fully saturated rings. The van der Waals surface area contributed by atoms with E-state index in [0.717, 1.165) is 36.1 Å². The van der Waals surface area contributed by atoms with Crippen LogP contribution in [0.15, 0.2) is 36.4 Å². The zero-order valence-electron chi connectivity index (χ0n) is 11.4. The number of hydrogen-bond donors (Lipinski definition) is 1. The summed E-state index contributed by atoms with van der Waals surface area (Å²) in [5.41, 5.74) is 4.75. The smallest absolute Gasteiger partial charge is 0.110 e. The van der Waals surface area contributed by atoms with Crippen LogP contribution < -0.4 is 0 Å². The molecule has 1 aliphatic carbocycles. The highest BCUT2D eigenvalue weighted by atomic mass is 35.5. The van der Waals surface area contributed by atoms with Gasteiger partial charge in [-0.3, -0.25) is 0 Å². The van der Waals surface area contributed by atoms with Crippen LogP contribution in [0.3, 0.4) is 0 Å². The SMILES string of the molecule is Clc1cc2nc(C3CCc4ccccc4C3)[nH]c2cc1Cl. The number of nitrogens with zero attached hydrogens (tertiary/aromatic N) is 1. The quantitative estimate of drug-likeness (QED) is 0.661. The number of hydrogen-bond acceptors (Lipinski definition) is 1. The number of aromatic amines is 1. The number of benzene rings is 2. The molecule has 0 saturated heterocycles. The van der Waals surface area contributed by atoms with Gasteiger partial charge < -0.3 is 4.98 Å². The number of fused-ring (bicyclic) bond motifs is 2. The molecule has 0 spiro atoms. The molecule has 21 heavy (non-hydrogen) atoms. The highest BCUT2D eigenvalue weighted by molar-refractivity contribution is 6.42. The number of aromatic nitrogens is 2. The van der Waals surface area contributed by atoms with Gasteiger partial charge in [-0.05, 0) is 42.5 Å². The summed E-state index contributed by atoms with van der Waals surface area (Å²) < 4.78 is 0. The van der Waals surface area contributed by atoms with Crippen LogP contribution in [-0.2, 0) is 12.8 Å². The minimum atomic E-state index is 0.435. The Bertz CT molecular complexity index is 784. The summed E-state index contributed by atoms with van der Waals surface area (Å²) in [5, 5.41) is 1.12. The number of rotatable bonds is 1. The molecule has 1 heterocycles. The third-order valence-corrected chi connectivity index (χ3v) is 5.00. The second kappa shape index (κ2) is 5.04. The van der Waals surface area contributed by atoms with Crippen LogP contribution in [-0.4, -0.2) is 9.97 Å². The van der Waals surface area contributed by atoms with Crippen molar-refractivity contribution in [2.24, 2.45) is 0 Å². The fraction of sp³-hybridized carbons (Fsp3) is 0.235. The highest BCUT2D eigenvalue weighted by Crippen LogP contribution is 2.33. The maximum Gasteiger partial charge on any atom is 0.110 e. The molecule has 0 amide bonds. The number of aryl methyl sites for hydroxylation is 1. The molecule has 0 aliphatic heterocycles. The average Bonchev–Trinajstić information content (AvgIpc) is 2.90.